The maximum absolute atomic E-state index is 9.56. The first-order valence-corrected chi connectivity index (χ1v) is 7.57. The molecular weight excluding hydrogens is 272 g/mol. The smallest absolute Gasteiger partial charge is 0.186 e. The van der Waals surface area contributed by atoms with E-state index >= 15 is 0 Å². The van der Waals surface area contributed by atoms with Crippen molar-refractivity contribution >= 4 is 16.5 Å². The van der Waals surface area contributed by atoms with Crippen molar-refractivity contribution in [3.63, 3.8) is 0 Å². The van der Waals surface area contributed by atoms with Gasteiger partial charge in [-0.05, 0) is 6.42 Å². The van der Waals surface area contributed by atoms with Crippen molar-refractivity contribution in [2.75, 3.05) is 25.1 Å². The molecule has 1 atom stereocenters. The normalized spacial score (nSPS) is 18.7. The van der Waals surface area contributed by atoms with Crippen LogP contribution in [0.25, 0.3) is 11.3 Å². The van der Waals surface area contributed by atoms with Crippen LogP contribution in [-0.2, 0) is 11.3 Å². The molecule has 2 heterocycles. The van der Waals surface area contributed by atoms with E-state index in [1.54, 1.807) is 18.4 Å². The zero-order chi connectivity index (χ0) is 13.9. The van der Waals surface area contributed by atoms with Crippen LogP contribution in [0.1, 0.15) is 11.3 Å². The maximum Gasteiger partial charge on any atom is 0.186 e. The predicted octanol–water partition coefficient (Wildman–Crippen LogP) is 2.53. The Bertz CT molecular complexity index is 571. The van der Waals surface area contributed by atoms with Gasteiger partial charge in [0.2, 0.25) is 0 Å². The van der Waals surface area contributed by atoms with Crippen molar-refractivity contribution in [1.29, 1.82) is 0 Å². The molecule has 1 aliphatic heterocycles. The van der Waals surface area contributed by atoms with E-state index in [4.69, 9.17) is 9.72 Å². The van der Waals surface area contributed by atoms with Gasteiger partial charge in [-0.1, -0.05) is 41.7 Å². The molecular formula is C15H18N2O2S. The van der Waals surface area contributed by atoms with Gasteiger partial charge in [-0.15, -0.1) is 0 Å². The van der Waals surface area contributed by atoms with Crippen LogP contribution in [0.5, 0.6) is 0 Å². The molecule has 2 aromatic rings. The fourth-order valence-electron chi connectivity index (χ4n) is 2.50. The first-order chi connectivity index (χ1) is 9.81. The van der Waals surface area contributed by atoms with Gasteiger partial charge >= 0.3 is 0 Å². The second kappa shape index (κ2) is 5.91. The highest BCUT2D eigenvalue weighted by atomic mass is 32.1. The largest absolute Gasteiger partial charge is 0.391 e. The molecule has 0 bridgehead atoms. The third-order valence-electron chi connectivity index (χ3n) is 3.63. The molecule has 1 fully saturated rings. The molecule has 1 aromatic heterocycles. The Kier molecular flexibility index (Phi) is 4.00. The topological polar surface area (TPSA) is 45.6 Å². The number of methoxy groups -OCH3 is 1. The van der Waals surface area contributed by atoms with Gasteiger partial charge in [0.15, 0.2) is 5.13 Å². The Morgan fingerprint density at radius 2 is 2.20 bits per heavy atom. The summed E-state index contributed by atoms with van der Waals surface area (Å²) in [6, 6.07) is 10.0. The molecule has 0 saturated carbocycles. The molecule has 1 aromatic carbocycles. The highest BCUT2D eigenvalue weighted by Gasteiger charge is 2.25. The minimum Gasteiger partial charge on any atom is -0.391 e. The lowest BCUT2D eigenvalue weighted by Crippen LogP contribution is -2.21. The van der Waals surface area contributed by atoms with E-state index in [-0.39, 0.29) is 12.7 Å². The summed E-state index contributed by atoms with van der Waals surface area (Å²) in [5.74, 6) is 0. The molecule has 1 saturated heterocycles. The number of benzene rings is 1. The Morgan fingerprint density at radius 3 is 2.85 bits per heavy atom. The summed E-state index contributed by atoms with van der Waals surface area (Å²) >= 11 is 1.57. The van der Waals surface area contributed by atoms with Gasteiger partial charge in [-0.3, -0.25) is 0 Å². The summed E-state index contributed by atoms with van der Waals surface area (Å²) in [6.45, 7) is 1.87. The minimum absolute atomic E-state index is 0.0312. The zero-order valence-electron chi connectivity index (χ0n) is 11.5. The van der Waals surface area contributed by atoms with E-state index in [2.05, 4.69) is 4.90 Å². The van der Waals surface area contributed by atoms with Crippen molar-refractivity contribution < 1.29 is 9.84 Å². The van der Waals surface area contributed by atoms with Gasteiger partial charge in [0, 0.05) is 25.8 Å². The fourth-order valence-corrected chi connectivity index (χ4v) is 3.47. The summed E-state index contributed by atoms with van der Waals surface area (Å²) in [6.07, 6.45) is 1.32. The fraction of sp³-hybridized carbons (Fsp3) is 0.400. The molecule has 1 N–H and O–H groups in total. The lowest BCUT2D eigenvalue weighted by Gasteiger charge is -2.13. The van der Waals surface area contributed by atoms with Gasteiger partial charge in [-0.2, -0.15) is 0 Å². The van der Waals surface area contributed by atoms with Crippen LogP contribution < -0.4 is 4.90 Å². The van der Waals surface area contributed by atoms with Crippen molar-refractivity contribution in [2.45, 2.75) is 19.1 Å². The zero-order valence-corrected chi connectivity index (χ0v) is 12.3. The van der Waals surface area contributed by atoms with Crippen molar-refractivity contribution in [1.82, 2.24) is 4.98 Å². The molecule has 1 aliphatic rings. The lowest BCUT2D eigenvalue weighted by molar-refractivity contribution is 0.121. The van der Waals surface area contributed by atoms with Crippen LogP contribution in [0, 0.1) is 0 Å². The van der Waals surface area contributed by atoms with Gasteiger partial charge in [-0.25, -0.2) is 4.98 Å². The first kappa shape index (κ1) is 13.5. The molecule has 5 heteroatoms. The van der Waals surface area contributed by atoms with Crippen LogP contribution in [0.15, 0.2) is 30.3 Å². The Hall–Kier alpha value is -1.43. The van der Waals surface area contributed by atoms with E-state index in [1.165, 1.54) is 0 Å². The second-order valence-electron chi connectivity index (χ2n) is 4.88. The Labute approximate surface area is 122 Å². The van der Waals surface area contributed by atoms with Crippen molar-refractivity contribution in [3.8, 4) is 11.3 Å². The number of thiazole rings is 1. The average molecular weight is 290 g/mol. The number of nitrogens with zero attached hydrogens (tertiary/aromatic N) is 2. The number of hydrogen-bond donors (Lipinski definition) is 1. The third kappa shape index (κ3) is 2.57. The molecule has 1 unspecified atom stereocenters. The lowest BCUT2D eigenvalue weighted by atomic mass is 10.1. The number of aliphatic hydroxyl groups excluding tert-OH is 1. The average Bonchev–Trinajstić information content (AvgIpc) is 3.14. The van der Waals surface area contributed by atoms with Gasteiger partial charge < -0.3 is 14.7 Å². The van der Waals surface area contributed by atoms with E-state index in [9.17, 15) is 5.11 Å². The molecule has 0 spiro atoms. The van der Waals surface area contributed by atoms with Gasteiger partial charge in [0.05, 0.1) is 23.3 Å². The Morgan fingerprint density at radius 1 is 1.40 bits per heavy atom. The number of anilines is 1. The van der Waals surface area contributed by atoms with E-state index in [1.807, 2.05) is 30.3 Å². The SMILES string of the molecule is COC1CCN(c2nc(-c3ccccc3)c(CO)s2)C1. The summed E-state index contributed by atoms with van der Waals surface area (Å²) in [5, 5.41) is 10.5. The van der Waals surface area contributed by atoms with Gasteiger partial charge in [0.25, 0.3) is 0 Å². The highest BCUT2D eigenvalue weighted by Crippen LogP contribution is 2.34. The van der Waals surface area contributed by atoms with Crippen LogP contribution in [0.3, 0.4) is 0 Å². The first-order valence-electron chi connectivity index (χ1n) is 6.75. The number of ether oxygens (including phenoxy) is 1. The minimum atomic E-state index is 0.0312. The number of aromatic nitrogens is 1. The van der Waals surface area contributed by atoms with E-state index in [0.29, 0.717) is 0 Å². The molecule has 4 nitrogen and oxygen atoms in total. The number of hydrogen-bond acceptors (Lipinski definition) is 5. The monoisotopic (exact) mass is 290 g/mol. The molecule has 20 heavy (non-hydrogen) atoms. The van der Waals surface area contributed by atoms with Crippen LogP contribution in [-0.4, -0.2) is 36.4 Å². The van der Waals surface area contributed by atoms with Crippen LogP contribution >= 0.6 is 11.3 Å². The number of aliphatic hydroxyl groups is 1. The highest BCUT2D eigenvalue weighted by molar-refractivity contribution is 7.16. The van der Waals surface area contributed by atoms with E-state index in [0.717, 1.165) is 40.8 Å². The summed E-state index contributed by atoms with van der Waals surface area (Å²) in [5.41, 5.74) is 1.95. The molecule has 0 amide bonds. The maximum atomic E-state index is 9.56. The summed E-state index contributed by atoms with van der Waals surface area (Å²) < 4.78 is 5.40. The quantitative estimate of drug-likeness (QED) is 0.940. The van der Waals surface area contributed by atoms with Crippen molar-refractivity contribution in [3.05, 3.63) is 35.2 Å². The summed E-state index contributed by atoms with van der Waals surface area (Å²) in [7, 11) is 1.75. The third-order valence-corrected chi connectivity index (χ3v) is 4.73. The van der Waals surface area contributed by atoms with Crippen molar-refractivity contribution in [2.24, 2.45) is 0 Å². The van der Waals surface area contributed by atoms with Crippen LogP contribution in [0.4, 0.5) is 5.13 Å². The second-order valence-corrected chi connectivity index (χ2v) is 5.95. The standard InChI is InChI=1S/C15H18N2O2S/c1-19-12-7-8-17(9-12)15-16-14(13(10-18)20-15)11-5-3-2-4-6-11/h2-6,12,18H,7-10H2,1H3. The molecule has 0 radical (unpaired) electrons. The number of rotatable bonds is 4. The molecule has 3 rings (SSSR count). The molecule has 106 valence electrons. The summed E-state index contributed by atoms with van der Waals surface area (Å²) in [4.78, 5) is 7.89. The van der Waals surface area contributed by atoms with E-state index < -0.39 is 0 Å². The van der Waals surface area contributed by atoms with Crippen LogP contribution in [0.2, 0.25) is 0 Å². The van der Waals surface area contributed by atoms with Gasteiger partial charge in [0.1, 0.15) is 0 Å². The predicted molar refractivity (Wildman–Crippen MR) is 81.1 cm³/mol. The Balaban J connectivity index is 1.90. The molecule has 0 aliphatic carbocycles.